The van der Waals surface area contributed by atoms with Gasteiger partial charge in [0, 0.05) is 5.41 Å². The van der Waals surface area contributed by atoms with E-state index in [1.165, 1.54) is 5.56 Å². The summed E-state index contributed by atoms with van der Waals surface area (Å²) in [5, 5.41) is 2.87. The number of thiophene rings is 1. The van der Waals surface area contributed by atoms with Crippen LogP contribution in [0.3, 0.4) is 0 Å². The SMILES string of the molecule is Cc1ccc(C)c(N=C2NNC(c3ccc(Cl)s3)=CS2)c1. The highest BCUT2D eigenvalue weighted by atomic mass is 35.5. The van der Waals surface area contributed by atoms with Crippen LogP contribution in [0.5, 0.6) is 0 Å². The molecule has 1 aromatic carbocycles. The molecule has 1 aliphatic heterocycles. The minimum absolute atomic E-state index is 0.785. The van der Waals surface area contributed by atoms with Crippen LogP contribution in [0, 0.1) is 13.8 Å². The molecule has 0 amide bonds. The largest absolute Gasteiger partial charge is 0.297 e. The van der Waals surface area contributed by atoms with Gasteiger partial charge in [-0.1, -0.05) is 35.5 Å². The minimum Gasteiger partial charge on any atom is -0.297 e. The summed E-state index contributed by atoms with van der Waals surface area (Å²) in [6.45, 7) is 4.13. The molecule has 21 heavy (non-hydrogen) atoms. The summed E-state index contributed by atoms with van der Waals surface area (Å²) < 4.78 is 0.785. The molecule has 0 radical (unpaired) electrons. The zero-order chi connectivity index (χ0) is 14.8. The van der Waals surface area contributed by atoms with E-state index in [4.69, 9.17) is 11.6 Å². The smallest absolute Gasteiger partial charge is 0.184 e. The molecular formula is C15H14ClN3S2. The summed E-state index contributed by atoms with van der Waals surface area (Å²) >= 11 is 9.07. The topological polar surface area (TPSA) is 36.4 Å². The van der Waals surface area contributed by atoms with E-state index in [2.05, 4.69) is 47.9 Å². The molecule has 0 atom stereocenters. The molecule has 1 aromatic heterocycles. The van der Waals surface area contributed by atoms with Crippen molar-refractivity contribution in [2.24, 2.45) is 4.99 Å². The van der Waals surface area contributed by atoms with Gasteiger partial charge in [0.15, 0.2) is 5.17 Å². The minimum atomic E-state index is 0.785. The molecule has 6 heteroatoms. The van der Waals surface area contributed by atoms with Crippen molar-refractivity contribution < 1.29 is 0 Å². The number of hydrogen-bond donors (Lipinski definition) is 2. The molecule has 2 aromatic rings. The highest BCUT2D eigenvalue weighted by Gasteiger charge is 2.12. The van der Waals surface area contributed by atoms with Gasteiger partial charge in [-0.25, -0.2) is 4.99 Å². The van der Waals surface area contributed by atoms with E-state index in [1.54, 1.807) is 23.1 Å². The zero-order valence-electron chi connectivity index (χ0n) is 11.6. The van der Waals surface area contributed by atoms with Crippen LogP contribution >= 0.6 is 34.7 Å². The number of hydrazine groups is 1. The normalized spacial score (nSPS) is 16.3. The number of nitrogens with one attached hydrogen (secondary N) is 2. The second kappa shape index (κ2) is 6.13. The first kappa shape index (κ1) is 14.5. The number of hydrogen-bond acceptors (Lipinski definition) is 4. The molecule has 0 saturated heterocycles. The Bertz CT molecular complexity index is 734. The molecule has 0 unspecified atom stereocenters. The average Bonchev–Trinajstić information content (AvgIpc) is 2.90. The Hall–Kier alpha value is -1.43. The third-order valence-corrected chi connectivity index (χ3v) is 5.05. The Morgan fingerprint density at radius 2 is 1.95 bits per heavy atom. The van der Waals surface area contributed by atoms with Crippen molar-refractivity contribution in [1.29, 1.82) is 0 Å². The van der Waals surface area contributed by atoms with Gasteiger partial charge in [0.05, 0.1) is 20.6 Å². The number of aryl methyl sites for hydroxylation is 2. The molecule has 3 nitrogen and oxygen atoms in total. The van der Waals surface area contributed by atoms with Crippen LogP contribution in [0.15, 0.2) is 40.7 Å². The lowest BCUT2D eigenvalue weighted by atomic mass is 10.1. The van der Waals surface area contributed by atoms with Gasteiger partial charge in [-0.2, -0.15) is 0 Å². The first-order chi connectivity index (χ1) is 10.1. The van der Waals surface area contributed by atoms with Gasteiger partial charge in [-0.05, 0) is 43.2 Å². The van der Waals surface area contributed by atoms with Crippen molar-refractivity contribution in [2.75, 3.05) is 0 Å². The van der Waals surface area contributed by atoms with E-state index in [0.717, 1.165) is 31.3 Å². The van der Waals surface area contributed by atoms with Crippen LogP contribution in [0.4, 0.5) is 5.69 Å². The van der Waals surface area contributed by atoms with Crippen molar-refractivity contribution in [3.63, 3.8) is 0 Å². The van der Waals surface area contributed by atoms with Crippen molar-refractivity contribution >= 4 is 51.3 Å². The average molecular weight is 336 g/mol. The standard InChI is InChI=1S/C15H14ClN3S2/c1-9-3-4-10(2)11(7-9)17-15-19-18-12(8-20-15)13-5-6-14(16)21-13/h3-8,18H,1-2H3,(H,17,19). The van der Waals surface area contributed by atoms with Crippen LogP contribution in [0.2, 0.25) is 4.34 Å². The van der Waals surface area contributed by atoms with Crippen LogP contribution in [0.25, 0.3) is 5.70 Å². The quantitative estimate of drug-likeness (QED) is 0.824. The van der Waals surface area contributed by atoms with E-state index < -0.39 is 0 Å². The molecule has 0 spiro atoms. The van der Waals surface area contributed by atoms with Crippen molar-refractivity contribution in [3.8, 4) is 0 Å². The summed E-state index contributed by atoms with van der Waals surface area (Å²) in [5.74, 6) is 0. The second-order valence-electron chi connectivity index (χ2n) is 4.71. The summed E-state index contributed by atoms with van der Waals surface area (Å²) in [7, 11) is 0. The van der Waals surface area contributed by atoms with E-state index in [9.17, 15) is 0 Å². The Morgan fingerprint density at radius 3 is 2.62 bits per heavy atom. The second-order valence-corrected chi connectivity index (χ2v) is 7.28. The molecule has 108 valence electrons. The maximum atomic E-state index is 5.96. The number of amidine groups is 1. The molecule has 1 aliphatic rings. The third kappa shape index (κ3) is 3.43. The Kier molecular flexibility index (Phi) is 4.24. The molecular weight excluding hydrogens is 322 g/mol. The van der Waals surface area contributed by atoms with Gasteiger partial charge >= 0.3 is 0 Å². The van der Waals surface area contributed by atoms with Gasteiger partial charge in [-0.15, -0.1) is 11.3 Å². The lowest BCUT2D eigenvalue weighted by Crippen LogP contribution is -2.36. The summed E-state index contributed by atoms with van der Waals surface area (Å²) in [5.41, 5.74) is 10.7. The number of aliphatic imine (C=N–C) groups is 1. The van der Waals surface area contributed by atoms with Gasteiger partial charge in [0.25, 0.3) is 0 Å². The Labute approximate surface area is 137 Å². The lowest BCUT2D eigenvalue weighted by Gasteiger charge is -2.18. The van der Waals surface area contributed by atoms with Crippen LogP contribution in [-0.4, -0.2) is 5.17 Å². The molecule has 0 fully saturated rings. The summed E-state index contributed by atoms with van der Waals surface area (Å²) in [6.07, 6.45) is 0. The van der Waals surface area contributed by atoms with Gasteiger partial charge in [-0.3, -0.25) is 10.9 Å². The van der Waals surface area contributed by atoms with Crippen molar-refractivity contribution in [1.82, 2.24) is 10.9 Å². The predicted octanol–water partition coefficient (Wildman–Crippen LogP) is 4.85. The predicted molar refractivity (Wildman–Crippen MR) is 94.2 cm³/mol. The highest BCUT2D eigenvalue weighted by molar-refractivity contribution is 8.16. The fraction of sp³-hybridized carbons (Fsp3) is 0.133. The molecule has 2 heterocycles. The zero-order valence-corrected chi connectivity index (χ0v) is 14.0. The van der Waals surface area contributed by atoms with Crippen LogP contribution in [0.1, 0.15) is 16.0 Å². The molecule has 0 bridgehead atoms. The number of rotatable bonds is 2. The monoisotopic (exact) mass is 335 g/mol. The van der Waals surface area contributed by atoms with Gasteiger partial charge in [0.2, 0.25) is 0 Å². The van der Waals surface area contributed by atoms with Crippen molar-refractivity contribution in [3.05, 3.63) is 56.1 Å². The van der Waals surface area contributed by atoms with Crippen LogP contribution < -0.4 is 10.9 Å². The fourth-order valence-corrected chi connectivity index (χ4v) is 3.64. The Balaban J connectivity index is 1.80. The number of nitrogens with zero attached hydrogens (tertiary/aromatic N) is 1. The number of thioether (sulfide) groups is 1. The summed E-state index contributed by atoms with van der Waals surface area (Å²) in [4.78, 5) is 5.75. The van der Waals surface area contributed by atoms with E-state index in [0.29, 0.717) is 0 Å². The molecule has 2 N–H and O–H groups in total. The summed E-state index contributed by atoms with van der Waals surface area (Å²) in [6, 6.07) is 10.2. The van der Waals surface area contributed by atoms with Crippen LogP contribution in [-0.2, 0) is 0 Å². The van der Waals surface area contributed by atoms with E-state index in [1.807, 2.05) is 17.5 Å². The van der Waals surface area contributed by atoms with E-state index in [-0.39, 0.29) is 0 Å². The molecule has 0 saturated carbocycles. The van der Waals surface area contributed by atoms with Gasteiger partial charge < -0.3 is 0 Å². The third-order valence-electron chi connectivity index (χ3n) is 3.02. The maximum absolute atomic E-state index is 5.96. The number of halogens is 1. The molecule has 3 rings (SSSR count). The van der Waals surface area contributed by atoms with Gasteiger partial charge in [0.1, 0.15) is 0 Å². The first-order valence-electron chi connectivity index (χ1n) is 6.42. The lowest BCUT2D eigenvalue weighted by molar-refractivity contribution is 0.851. The fourth-order valence-electron chi connectivity index (χ4n) is 1.88. The molecule has 0 aliphatic carbocycles. The number of benzene rings is 1. The Morgan fingerprint density at radius 1 is 1.10 bits per heavy atom. The van der Waals surface area contributed by atoms with E-state index >= 15 is 0 Å². The maximum Gasteiger partial charge on any atom is 0.184 e. The first-order valence-corrected chi connectivity index (χ1v) is 8.50. The van der Waals surface area contributed by atoms with Crippen molar-refractivity contribution in [2.45, 2.75) is 13.8 Å². The highest BCUT2D eigenvalue weighted by Crippen LogP contribution is 2.30.